The highest BCUT2D eigenvalue weighted by Gasteiger charge is 2.22. The monoisotopic (exact) mass is 199 g/mol. The molecule has 0 aliphatic heterocycles. The molecule has 0 aliphatic rings. The molecule has 0 spiro atoms. The molecule has 0 N–H and O–H groups in total. The van der Waals surface area contributed by atoms with Crippen LogP contribution in [0, 0.1) is 0 Å². The van der Waals surface area contributed by atoms with Gasteiger partial charge in [-0.2, -0.15) is 0 Å². The first-order valence-corrected chi connectivity index (χ1v) is 7.81. The van der Waals surface area contributed by atoms with E-state index < -0.39 is 8.24 Å². The third-order valence-electron chi connectivity index (χ3n) is 1.57. The Morgan fingerprint density at radius 3 is 2.00 bits per heavy atom. The van der Waals surface area contributed by atoms with E-state index in [1.165, 1.54) is 0 Å². The van der Waals surface area contributed by atoms with Gasteiger partial charge in [-0.25, -0.2) is 0 Å². The second-order valence-electron chi connectivity index (χ2n) is 3.79. The molecule has 1 aromatic rings. The minimum absolute atomic E-state index is 1.10. The van der Waals surface area contributed by atoms with E-state index in [0.29, 0.717) is 0 Å². The summed E-state index contributed by atoms with van der Waals surface area (Å²) in [4.78, 5) is 0. The molecular formula is C9H14ClNSi. The molecule has 0 unspecified atom stereocenters. The molecule has 66 valence electrons. The lowest BCUT2D eigenvalue weighted by Gasteiger charge is -2.28. The van der Waals surface area contributed by atoms with E-state index in [1.54, 1.807) is 0 Å². The Morgan fingerprint density at radius 1 is 1.08 bits per heavy atom. The summed E-state index contributed by atoms with van der Waals surface area (Å²) in [5.41, 5.74) is 1.10. The standard InChI is InChI=1S/C9H14ClNSi/c1-12(2,3)11(10)9-7-5-4-6-8-9/h4-8H,1-3H3. The summed E-state index contributed by atoms with van der Waals surface area (Å²) in [5.74, 6) is 0. The van der Waals surface area contributed by atoms with E-state index >= 15 is 0 Å². The van der Waals surface area contributed by atoms with Crippen molar-refractivity contribution in [2.75, 3.05) is 4.08 Å². The zero-order valence-electron chi connectivity index (χ0n) is 7.71. The highest BCUT2D eigenvalue weighted by atomic mass is 35.5. The number of halogens is 1. The summed E-state index contributed by atoms with van der Waals surface area (Å²) in [6.07, 6.45) is 0. The molecule has 0 bridgehead atoms. The molecule has 0 aromatic heterocycles. The fraction of sp³-hybridized carbons (Fsp3) is 0.333. The molecule has 0 saturated heterocycles. The van der Waals surface area contributed by atoms with E-state index in [4.69, 9.17) is 11.8 Å². The fourth-order valence-electron chi connectivity index (χ4n) is 0.946. The van der Waals surface area contributed by atoms with Crippen molar-refractivity contribution in [2.24, 2.45) is 0 Å². The van der Waals surface area contributed by atoms with Crippen molar-refractivity contribution in [3.8, 4) is 0 Å². The number of nitrogens with zero attached hydrogens (tertiary/aromatic N) is 1. The van der Waals surface area contributed by atoms with E-state index in [1.807, 2.05) is 34.4 Å². The molecule has 0 heterocycles. The lowest BCUT2D eigenvalue weighted by Crippen LogP contribution is -2.39. The van der Waals surface area contributed by atoms with Gasteiger partial charge in [-0.05, 0) is 12.1 Å². The van der Waals surface area contributed by atoms with Crippen molar-refractivity contribution in [1.82, 2.24) is 0 Å². The van der Waals surface area contributed by atoms with Crippen molar-refractivity contribution in [3.05, 3.63) is 30.3 Å². The first-order chi connectivity index (χ1) is 5.52. The van der Waals surface area contributed by atoms with Gasteiger partial charge < -0.3 is 4.08 Å². The lowest BCUT2D eigenvalue weighted by atomic mass is 10.3. The molecule has 1 aromatic carbocycles. The molecule has 0 amide bonds. The lowest BCUT2D eigenvalue weighted by molar-refractivity contribution is 1.45. The van der Waals surface area contributed by atoms with Crippen LogP contribution >= 0.6 is 11.8 Å². The van der Waals surface area contributed by atoms with Gasteiger partial charge in [0, 0.05) is 17.5 Å². The Hall–Kier alpha value is -0.473. The van der Waals surface area contributed by atoms with Crippen LogP contribution in [-0.4, -0.2) is 8.24 Å². The normalized spacial score (nSPS) is 11.3. The summed E-state index contributed by atoms with van der Waals surface area (Å²) in [6.45, 7) is 6.65. The first kappa shape index (κ1) is 9.61. The average molecular weight is 200 g/mol. The predicted molar refractivity (Wildman–Crippen MR) is 58.1 cm³/mol. The summed E-state index contributed by atoms with van der Waals surface area (Å²) in [7, 11) is -1.40. The first-order valence-electron chi connectivity index (χ1n) is 4.03. The van der Waals surface area contributed by atoms with E-state index in [-0.39, 0.29) is 0 Å². The van der Waals surface area contributed by atoms with Crippen LogP contribution in [0.2, 0.25) is 19.6 Å². The SMILES string of the molecule is C[Si](C)(C)N(Cl)c1ccccc1. The molecule has 12 heavy (non-hydrogen) atoms. The van der Waals surface area contributed by atoms with Gasteiger partial charge in [-0.3, -0.25) is 0 Å². The number of rotatable bonds is 2. The number of anilines is 1. The Kier molecular flexibility index (Phi) is 2.80. The minimum atomic E-state index is -1.40. The van der Waals surface area contributed by atoms with Crippen molar-refractivity contribution in [3.63, 3.8) is 0 Å². The van der Waals surface area contributed by atoms with Crippen LogP contribution in [0.5, 0.6) is 0 Å². The maximum atomic E-state index is 6.18. The quantitative estimate of drug-likeness (QED) is 0.521. The van der Waals surface area contributed by atoms with E-state index in [2.05, 4.69) is 19.6 Å². The summed E-state index contributed by atoms with van der Waals surface area (Å²) in [5, 5.41) is 0. The van der Waals surface area contributed by atoms with E-state index in [0.717, 1.165) is 5.69 Å². The molecule has 3 heteroatoms. The summed E-state index contributed by atoms with van der Waals surface area (Å²) >= 11 is 6.18. The highest BCUT2D eigenvalue weighted by Crippen LogP contribution is 2.22. The van der Waals surface area contributed by atoms with Crippen LogP contribution < -0.4 is 4.08 Å². The zero-order valence-corrected chi connectivity index (χ0v) is 9.47. The van der Waals surface area contributed by atoms with Crippen LogP contribution in [0.25, 0.3) is 0 Å². The predicted octanol–water partition coefficient (Wildman–Crippen LogP) is 3.48. The van der Waals surface area contributed by atoms with Crippen molar-refractivity contribution < 1.29 is 0 Å². The Bertz CT molecular complexity index is 242. The second-order valence-corrected chi connectivity index (χ2v) is 9.20. The van der Waals surface area contributed by atoms with Gasteiger partial charge in [-0.1, -0.05) is 37.8 Å². The van der Waals surface area contributed by atoms with Crippen LogP contribution in [0.4, 0.5) is 5.69 Å². The van der Waals surface area contributed by atoms with Gasteiger partial charge in [0.1, 0.15) is 0 Å². The summed E-state index contributed by atoms with van der Waals surface area (Å²) < 4.78 is 1.88. The Morgan fingerprint density at radius 2 is 1.58 bits per heavy atom. The van der Waals surface area contributed by atoms with E-state index in [9.17, 15) is 0 Å². The molecular weight excluding hydrogens is 186 g/mol. The molecule has 1 rings (SSSR count). The summed E-state index contributed by atoms with van der Waals surface area (Å²) in [6, 6.07) is 10.1. The maximum absolute atomic E-state index is 6.18. The fourth-order valence-corrected chi connectivity index (χ4v) is 1.98. The molecule has 1 nitrogen and oxygen atoms in total. The van der Waals surface area contributed by atoms with Crippen molar-refractivity contribution in [2.45, 2.75) is 19.6 Å². The van der Waals surface area contributed by atoms with Gasteiger partial charge in [0.2, 0.25) is 0 Å². The third-order valence-corrected chi connectivity index (χ3v) is 4.72. The van der Waals surface area contributed by atoms with Crippen LogP contribution in [-0.2, 0) is 0 Å². The Balaban J connectivity index is 2.86. The smallest absolute Gasteiger partial charge is 0.167 e. The van der Waals surface area contributed by atoms with Gasteiger partial charge in [0.25, 0.3) is 0 Å². The largest absolute Gasteiger partial charge is 0.314 e. The van der Waals surface area contributed by atoms with Gasteiger partial charge in [0.05, 0.1) is 0 Å². The van der Waals surface area contributed by atoms with Crippen LogP contribution in [0.3, 0.4) is 0 Å². The van der Waals surface area contributed by atoms with Gasteiger partial charge in [-0.15, -0.1) is 0 Å². The molecule has 0 fully saturated rings. The number of hydrogen-bond donors (Lipinski definition) is 0. The minimum Gasteiger partial charge on any atom is -0.314 e. The Labute approximate surface area is 80.2 Å². The zero-order chi connectivity index (χ0) is 9.19. The molecule has 0 radical (unpaired) electrons. The van der Waals surface area contributed by atoms with Crippen LogP contribution in [0.15, 0.2) is 30.3 Å². The van der Waals surface area contributed by atoms with Gasteiger partial charge in [0.15, 0.2) is 8.24 Å². The maximum Gasteiger partial charge on any atom is 0.167 e. The highest BCUT2D eigenvalue weighted by molar-refractivity contribution is 6.86. The van der Waals surface area contributed by atoms with Crippen molar-refractivity contribution >= 4 is 25.7 Å². The molecule has 0 aliphatic carbocycles. The second kappa shape index (κ2) is 3.50. The topological polar surface area (TPSA) is 3.24 Å². The molecule has 0 atom stereocenters. The van der Waals surface area contributed by atoms with Gasteiger partial charge >= 0.3 is 0 Å². The molecule has 0 saturated carbocycles. The van der Waals surface area contributed by atoms with Crippen LogP contribution in [0.1, 0.15) is 0 Å². The average Bonchev–Trinajstić information content (AvgIpc) is 2.03. The number of para-hydroxylation sites is 1. The number of benzene rings is 1. The third kappa shape index (κ3) is 2.25. The van der Waals surface area contributed by atoms with Crippen molar-refractivity contribution in [1.29, 1.82) is 0 Å². The number of hydrogen-bond acceptors (Lipinski definition) is 1.